The van der Waals surface area contributed by atoms with Gasteiger partial charge in [0, 0.05) is 17.8 Å². The number of nitrogens with zero attached hydrogens (tertiary/aromatic N) is 1. The van der Waals surface area contributed by atoms with Gasteiger partial charge in [-0.2, -0.15) is 0 Å². The summed E-state index contributed by atoms with van der Waals surface area (Å²) in [6, 6.07) is -0.537. The summed E-state index contributed by atoms with van der Waals surface area (Å²) in [6.45, 7) is 2.14. The number of aliphatic hydroxyl groups is 2. The van der Waals surface area contributed by atoms with Gasteiger partial charge >= 0.3 is 0 Å². The summed E-state index contributed by atoms with van der Waals surface area (Å²) >= 11 is 1.47. The second kappa shape index (κ2) is 7.70. The first kappa shape index (κ1) is 18.3. The van der Waals surface area contributed by atoms with Gasteiger partial charge in [-0.25, -0.2) is 4.98 Å². The highest BCUT2D eigenvalue weighted by atomic mass is 32.1. The van der Waals surface area contributed by atoms with Gasteiger partial charge in [-0.05, 0) is 38.0 Å². The van der Waals surface area contributed by atoms with Crippen LogP contribution in [0.15, 0.2) is 10.9 Å². The van der Waals surface area contributed by atoms with E-state index >= 15 is 0 Å². The molecule has 0 spiro atoms. The molecule has 1 saturated carbocycles. The summed E-state index contributed by atoms with van der Waals surface area (Å²) in [4.78, 5) is 16.0. The second-order valence-corrected chi connectivity index (χ2v) is 7.61. The molecule has 1 aliphatic rings. The van der Waals surface area contributed by atoms with Crippen LogP contribution in [0.1, 0.15) is 44.7 Å². The highest BCUT2D eigenvalue weighted by molar-refractivity contribution is 7.07. The minimum atomic E-state index is -1.13. The van der Waals surface area contributed by atoms with Crippen molar-refractivity contribution in [3.8, 4) is 0 Å². The fourth-order valence-electron chi connectivity index (χ4n) is 3.34. The molecular weight excluding hydrogens is 314 g/mol. The lowest BCUT2D eigenvalue weighted by molar-refractivity contribution is -0.138. The molecule has 1 aromatic heterocycles. The Morgan fingerprint density at radius 2 is 2.17 bits per heavy atom. The molecule has 0 radical (unpaired) electrons. The van der Waals surface area contributed by atoms with Gasteiger partial charge in [-0.15, -0.1) is 11.3 Å². The molecule has 6 nitrogen and oxygen atoms in total. The molecule has 1 amide bonds. The SMILES string of the molecule is CC1CCC(O)(C(CC(O)C(N)Cc2cscn2)C(N)=O)CC1. The van der Waals surface area contributed by atoms with Crippen molar-refractivity contribution >= 4 is 17.2 Å². The second-order valence-electron chi connectivity index (χ2n) is 6.89. The normalized spacial score (nSPS) is 29.0. The van der Waals surface area contributed by atoms with E-state index in [4.69, 9.17) is 11.5 Å². The molecule has 1 aliphatic carbocycles. The minimum absolute atomic E-state index is 0.0888. The monoisotopic (exact) mass is 341 g/mol. The maximum absolute atomic E-state index is 11.9. The van der Waals surface area contributed by atoms with Gasteiger partial charge in [0.1, 0.15) is 0 Å². The molecule has 7 heteroatoms. The molecule has 1 fully saturated rings. The van der Waals surface area contributed by atoms with Crippen LogP contribution in [0.4, 0.5) is 0 Å². The molecule has 23 heavy (non-hydrogen) atoms. The number of aromatic nitrogens is 1. The number of rotatable bonds is 7. The van der Waals surface area contributed by atoms with Crippen LogP contribution < -0.4 is 11.5 Å². The first-order chi connectivity index (χ1) is 10.8. The van der Waals surface area contributed by atoms with Crippen molar-refractivity contribution in [2.24, 2.45) is 23.3 Å². The van der Waals surface area contributed by atoms with E-state index in [1.165, 1.54) is 11.3 Å². The van der Waals surface area contributed by atoms with Gasteiger partial charge in [0.05, 0.1) is 28.8 Å². The quantitative estimate of drug-likeness (QED) is 0.584. The number of thiazole rings is 1. The van der Waals surface area contributed by atoms with Crippen molar-refractivity contribution < 1.29 is 15.0 Å². The number of hydrogen-bond acceptors (Lipinski definition) is 6. The van der Waals surface area contributed by atoms with Crippen LogP contribution in [0.3, 0.4) is 0 Å². The molecule has 0 bridgehead atoms. The fraction of sp³-hybridized carbons (Fsp3) is 0.750. The number of carbonyl (C=O) groups is 1. The van der Waals surface area contributed by atoms with Crippen molar-refractivity contribution in [3.63, 3.8) is 0 Å². The predicted octanol–water partition coefficient (Wildman–Crippen LogP) is 0.807. The van der Waals surface area contributed by atoms with E-state index in [-0.39, 0.29) is 6.42 Å². The Hall–Kier alpha value is -1.02. The lowest BCUT2D eigenvalue weighted by Crippen LogP contribution is -2.50. The third-order valence-electron chi connectivity index (χ3n) is 5.03. The van der Waals surface area contributed by atoms with Crippen LogP contribution in [0.25, 0.3) is 0 Å². The number of nitrogens with two attached hydrogens (primary N) is 2. The number of hydrogen-bond donors (Lipinski definition) is 4. The van der Waals surface area contributed by atoms with Crippen molar-refractivity contribution in [1.29, 1.82) is 0 Å². The topological polar surface area (TPSA) is 122 Å². The summed E-state index contributed by atoms with van der Waals surface area (Å²) in [5.41, 5.74) is 13.0. The lowest BCUT2D eigenvalue weighted by Gasteiger charge is -2.40. The van der Waals surface area contributed by atoms with E-state index in [1.807, 2.05) is 5.38 Å². The summed E-state index contributed by atoms with van der Waals surface area (Å²) in [5, 5.41) is 23.1. The maximum Gasteiger partial charge on any atom is 0.223 e. The number of aliphatic hydroxyl groups excluding tert-OH is 1. The van der Waals surface area contributed by atoms with Crippen LogP contribution in [0.2, 0.25) is 0 Å². The summed E-state index contributed by atoms with van der Waals surface area (Å²) < 4.78 is 0. The Balaban J connectivity index is 1.99. The molecule has 2 rings (SSSR count). The van der Waals surface area contributed by atoms with Gasteiger partial charge in [-0.3, -0.25) is 4.79 Å². The standard InChI is InChI=1S/C16H27N3O3S/c1-10-2-4-16(22,5-3-10)12(15(18)21)7-14(20)13(17)6-11-8-23-9-19-11/h8-10,12-14,20,22H,2-7,17H2,1H3,(H2,18,21). The predicted molar refractivity (Wildman–Crippen MR) is 89.7 cm³/mol. The molecule has 3 unspecified atom stereocenters. The van der Waals surface area contributed by atoms with Gasteiger partial charge < -0.3 is 21.7 Å². The van der Waals surface area contributed by atoms with Crippen molar-refractivity contribution in [2.75, 3.05) is 0 Å². The smallest absolute Gasteiger partial charge is 0.223 e. The van der Waals surface area contributed by atoms with Gasteiger partial charge in [-0.1, -0.05) is 6.92 Å². The Morgan fingerprint density at radius 1 is 1.52 bits per heavy atom. The highest BCUT2D eigenvalue weighted by Crippen LogP contribution is 2.39. The molecule has 6 N–H and O–H groups in total. The Bertz CT molecular complexity index is 501. The third-order valence-corrected chi connectivity index (χ3v) is 5.67. The third kappa shape index (κ3) is 4.73. The molecule has 0 aromatic carbocycles. The van der Waals surface area contributed by atoms with Crippen LogP contribution in [0.5, 0.6) is 0 Å². The van der Waals surface area contributed by atoms with E-state index in [0.717, 1.165) is 18.5 Å². The average molecular weight is 341 g/mol. The van der Waals surface area contributed by atoms with Crippen LogP contribution in [0, 0.1) is 11.8 Å². The molecule has 3 atom stereocenters. The summed E-state index contributed by atoms with van der Waals surface area (Å²) in [5.74, 6) is -0.797. The Morgan fingerprint density at radius 3 is 2.70 bits per heavy atom. The zero-order chi connectivity index (χ0) is 17.0. The Kier molecular flexibility index (Phi) is 6.13. The zero-order valence-electron chi connectivity index (χ0n) is 13.5. The van der Waals surface area contributed by atoms with Crippen molar-refractivity contribution in [3.05, 3.63) is 16.6 Å². The first-order valence-electron chi connectivity index (χ1n) is 8.14. The molecular formula is C16H27N3O3S. The largest absolute Gasteiger partial charge is 0.391 e. The van der Waals surface area contributed by atoms with Gasteiger partial charge in [0.15, 0.2) is 0 Å². The maximum atomic E-state index is 11.9. The van der Waals surface area contributed by atoms with E-state index < -0.39 is 29.6 Å². The number of primary amides is 1. The van der Waals surface area contributed by atoms with Crippen molar-refractivity contribution in [2.45, 2.75) is 63.2 Å². The van der Waals surface area contributed by atoms with E-state index in [9.17, 15) is 15.0 Å². The number of carbonyl (C=O) groups excluding carboxylic acids is 1. The average Bonchev–Trinajstić information content (AvgIpc) is 3.00. The number of amides is 1. The van der Waals surface area contributed by atoms with E-state index in [0.29, 0.717) is 25.2 Å². The Labute approximate surface area is 140 Å². The fourth-order valence-corrected chi connectivity index (χ4v) is 3.91. The molecule has 0 aliphatic heterocycles. The van der Waals surface area contributed by atoms with Gasteiger partial charge in [0.25, 0.3) is 0 Å². The molecule has 1 aromatic rings. The first-order valence-corrected chi connectivity index (χ1v) is 9.08. The lowest BCUT2D eigenvalue weighted by atomic mass is 9.70. The molecule has 1 heterocycles. The molecule has 0 saturated heterocycles. The minimum Gasteiger partial charge on any atom is -0.391 e. The van der Waals surface area contributed by atoms with Crippen LogP contribution in [-0.4, -0.2) is 38.9 Å². The summed E-state index contributed by atoms with van der Waals surface area (Å²) in [7, 11) is 0. The van der Waals surface area contributed by atoms with Crippen LogP contribution in [-0.2, 0) is 11.2 Å². The van der Waals surface area contributed by atoms with E-state index in [1.54, 1.807) is 5.51 Å². The van der Waals surface area contributed by atoms with E-state index in [2.05, 4.69) is 11.9 Å². The molecule has 130 valence electrons. The highest BCUT2D eigenvalue weighted by Gasteiger charge is 2.43. The van der Waals surface area contributed by atoms with Gasteiger partial charge in [0.2, 0.25) is 5.91 Å². The van der Waals surface area contributed by atoms with Crippen LogP contribution >= 0.6 is 11.3 Å². The summed E-state index contributed by atoms with van der Waals surface area (Å²) in [6.07, 6.45) is 2.42. The zero-order valence-corrected chi connectivity index (χ0v) is 14.3. The van der Waals surface area contributed by atoms with Crippen molar-refractivity contribution in [1.82, 2.24) is 4.98 Å².